The van der Waals surface area contributed by atoms with Gasteiger partial charge in [0.05, 0.1) is 0 Å². The summed E-state index contributed by atoms with van der Waals surface area (Å²) in [5.74, 6) is -1.18. The van der Waals surface area contributed by atoms with E-state index in [1.807, 2.05) is 0 Å². The van der Waals surface area contributed by atoms with Crippen LogP contribution in [0.3, 0.4) is 0 Å². The van der Waals surface area contributed by atoms with E-state index in [4.69, 9.17) is 16.7 Å². The second kappa shape index (κ2) is 6.12. The van der Waals surface area contributed by atoms with E-state index in [0.29, 0.717) is 21.7 Å². The van der Waals surface area contributed by atoms with Gasteiger partial charge in [-0.1, -0.05) is 11.6 Å². The fourth-order valence-corrected chi connectivity index (χ4v) is 3.25. The zero-order chi connectivity index (χ0) is 17.4. The number of rotatable bonds is 3. The molecule has 2 aliphatic heterocycles. The number of piperidine rings is 1. The first-order valence-electron chi connectivity index (χ1n) is 7.29. The number of hydrogen-bond acceptors (Lipinski definition) is 4. The SMILES string of the molecule is O=C(O)NCc1cc(Cl)c2c(c1)C(=O)N(C1CCC(=O)NC1=O)C2. The van der Waals surface area contributed by atoms with Crippen molar-refractivity contribution in [2.45, 2.75) is 32.0 Å². The average molecular weight is 352 g/mol. The van der Waals surface area contributed by atoms with Crippen molar-refractivity contribution in [3.8, 4) is 0 Å². The van der Waals surface area contributed by atoms with Crippen molar-refractivity contribution >= 4 is 35.4 Å². The van der Waals surface area contributed by atoms with Crippen molar-refractivity contribution in [2.75, 3.05) is 0 Å². The van der Waals surface area contributed by atoms with Gasteiger partial charge in [0.15, 0.2) is 0 Å². The van der Waals surface area contributed by atoms with Crippen LogP contribution in [-0.2, 0) is 22.7 Å². The first-order chi connectivity index (χ1) is 11.4. The van der Waals surface area contributed by atoms with Crippen molar-refractivity contribution in [3.05, 3.63) is 33.8 Å². The van der Waals surface area contributed by atoms with Crippen molar-refractivity contribution in [1.82, 2.24) is 15.5 Å². The van der Waals surface area contributed by atoms with Crippen LogP contribution in [0.5, 0.6) is 0 Å². The van der Waals surface area contributed by atoms with E-state index in [1.54, 1.807) is 12.1 Å². The number of carboxylic acid groups (broad SMARTS) is 1. The molecule has 3 N–H and O–H groups in total. The predicted molar refractivity (Wildman–Crippen MR) is 82.4 cm³/mol. The van der Waals surface area contributed by atoms with Gasteiger partial charge in [-0.3, -0.25) is 19.7 Å². The summed E-state index contributed by atoms with van der Waals surface area (Å²) in [6.07, 6.45) is -0.726. The molecule has 9 heteroatoms. The Kier molecular flexibility index (Phi) is 4.15. The number of carbonyl (C=O) groups excluding carboxylic acids is 3. The molecule has 1 saturated heterocycles. The first kappa shape index (κ1) is 16.3. The lowest BCUT2D eigenvalue weighted by molar-refractivity contribution is -0.136. The number of halogens is 1. The lowest BCUT2D eigenvalue weighted by atomic mass is 10.0. The van der Waals surface area contributed by atoms with Crippen LogP contribution in [0, 0.1) is 0 Å². The predicted octanol–water partition coefficient (Wildman–Crippen LogP) is 0.869. The van der Waals surface area contributed by atoms with E-state index in [2.05, 4.69) is 10.6 Å². The molecule has 0 aliphatic carbocycles. The average Bonchev–Trinajstić information content (AvgIpc) is 2.83. The number of imide groups is 1. The molecule has 8 nitrogen and oxygen atoms in total. The van der Waals surface area contributed by atoms with E-state index in [9.17, 15) is 19.2 Å². The molecule has 2 aliphatic rings. The fraction of sp³-hybridized carbons (Fsp3) is 0.333. The third-order valence-corrected chi connectivity index (χ3v) is 4.44. The molecule has 2 heterocycles. The van der Waals surface area contributed by atoms with E-state index < -0.39 is 18.0 Å². The van der Waals surface area contributed by atoms with Crippen LogP contribution >= 0.6 is 11.6 Å². The Labute approximate surface area is 141 Å². The van der Waals surface area contributed by atoms with Crippen LogP contribution in [0.1, 0.15) is 34.3 Å². The van der Waals surface area contributed by atoms with E-state index in [1.165, 1.54) is 4.90 Å². The number of carbonyl (C=O) groups is 4. The van der Waals surface area contributed by atoms with Gasteiger partial charge < -0.3 is 15.3 Å². The molecule has 1 aromatic carbocycles. The van der Waals surface area contributed by atoms with Gasteiger partial charge in [0.2, 0.25) is 11.8 Å². The summed E-state index contributed by atoms with van der Waals surface area (Å²) in [7, 11) is 0. The summed E-state index contributed by atoms with van der Waals surface area (Å²) in [6, 6.07) is 2.46. The highest BCUT2D eigenvalue weighted by molar-refractivity contribution is 6.32. The number of amides is 4. The van der Waals surface area contributed by atoms with E-state index >= 15 is 0 Å². The largest absolute Gasteiger partial charge is 0.465 e. The first-order valence-corrected chi connectivity index (χ1v) is 7.67. The Bertz CT molecular complexity index is 764. The molecular formula is C15H14ClN3O5. The minimum atomic E-state index is -1.18. The quantitative estimate of drug-likeness (QED) is 0.699. The van der Waals surface area contributed by atoms with Gasteiger partial charge in [-0.2, -0.15) is 0 Å². The lowest BCUT2D eigenvalue weighted by Gasteiger charge is -2.29. The Balaban J connectivity index is 1.84. The van der Waals surface area contributed by atoms with Gasteiger partial charge in [-0.25, -0.2) is 4.79 Å². The van der Waals surface area contributed by atoms with Crippen LogP contribution in [0.15, 0.2) is 12.1 Å². The Morgan fingerprint density at radius 1 is 1.38 bits per heavy atom. The number of hydrogen-bond donors (Lipinski definition) is 3. The summed E-state index contributed by atoms with van der Waals surface area (Å²) in [6.45, 7) is 0.208. The number of benzene rings is 1. The molecule has 4 amide bonds. The lowest BCUT2D eigenvalue weighted by Crippen LogP contribution is -2.52. The highest BCUT2D eigenvalue weighted by atomic mass is 35.5. The van der Waals surface area contributed by atoms with E-state index in [-0.39, 0.29) is 37.7 Å². The molecule has 1 fully saturated rings. The van der Waals surface area contributed by atoms with Crippen LogP contribution < -0.4 is 10.6 Å². The van der Waals surface area contributed by atoms with Crippen molar-refractivity contribution in [2.24, 2.45) is 0 Å². The maximum absolute atomic E-state index is 12.6. The molecule has 0 saturated carbocycles. The van der Waals surface area contributed by atoms with Crippen LogP contribution in [0.4, 0.5) is 4.79 Å². The number of nitrogens with zero attached hydrogens (tertiary/aromatic N) is 1. The second-order valence-corrected chi connectivity index (χ2v) is 6.07. The molecule has 1 unspecified atom stereocenters. The van der Waals surface area contributed by atoms with Crippen LogP contribution in [-0.4, -0.2) is 39.9 Å². The van der Waals surface area contributed by atoms with Gasteiger partial charge in [-0.15, -0.1) is 0 Å². The van der Waals surface area contributed by atoms with Crippen molar-refractivity contribution < 1.29 is 24.3 Å². The van der Waals surface area contributed by atoms with Gasteiger partial charge >= 0.3 is 6.09 Å². The summed E-state index contributed by atoms with van der Waals surface area (Å²) < 4.78 is 0. The third kappa shape index (κ3) is 2.92. The van der Waals surface area contributed by atoms with Crippen molar-refractivity contribution in [1.29, 1.82) is 0 Å². The molecule has 126 valence electrons. The third-order valence-electron chi connectivity index (χ3n) is 4.11. The van der Waals surface area contributed by atoms with Gasteiger partial charge in [0.1, 0.15) is 6.04 Å². The molecular weight excluding hydrogens is 338 g/mol. The summed E-state index contributed by atoms with van der Waals surface area (Å²) >= 11 is 6.21. The standard InChI is InChI=1S/C15H14ClN3O5/c16-10-4-7(5-17-15(23)24)3-8-9(10)6-19(14(8)22)11-1-2-12(20)18-13(11)21/h3-4,11,17H,1-2,5-6H2,(H,23,24)(H,18,20,21). The smallest absolute Gasteiger partial charge is 0.404 e. The van der Waals surface area contributed by atoms with Crippen LogP contribution in [0.25, 0.3) is 0 Å². The highest BCUT2D eigenvalue weighted by Gasteiger charge is 2.39. The molecule has 0 bridgehead atoms. The van der Waals surface area contributed by atoms with Gasteiger partial charge in [-0.05, 0) is 24.1 Å². The zero-order valence-corrected chi connectivity index (χ0v) is 13.2. The topological polar surface area (TPSA) is 116 Å². The molecule has 0 radical (unpaired) electrons. The van der Waals surface area contributed by atoms with E-state index in [0.717, 1.165) is 0 Å². The monoisotopic (exact) mass is 351 g/mol. The molecule has 3 rings (SSSR count). The Morgan fingerprint density at radius 2 is 2.12 bits per heavy atom. The molecule has 0 aromatic heterocycles. The second-order valence-electron chi connectivity index (χ2n) is 5.66. The van der Waals surface area contributed by atoms with Crippen LogP contribution in [0.2, 0.25) is 5.02 Å². The summed E-state index contributed by atoms with van der Waals surface area (Å²) in [5, 5.41) is 13.5. The summed E-state index contributed by atoms with van der Waals surface area (Å²) in [5.41, 5.74) is 1.51. The minimum absolute atomic E-state index is 0.0219. The summed E-state index contributed by atoms with van der Waals surface area (Å²) in [4.78, 5) is 47.8. The fourth-order valence-electron chi connectivity index (χ4n) is 2.95. The molecule has 0 spiro atoms. The van der Waals surface area contributed by atoms with Gasteiger partial charge in [0.25, 0.3) is 5.91 Å². The molecule has 1 atom stereocenters. The normalized spacial score (nSPS) is 20.0. The minimum Gasteiger partial charge on any atom is -0.465 e. The van der Waals surface area contributed by atoms with Crippen molar-refractivity contribution in [3.63, 3.8) is 0 Å². The number of nitrogens with one attached hydrogen (secondary N) is 2. The van der Waals surface area contributed by atoms with Gasteiger partial charge in [0, 0.05) is 35.7 Å². The highest BCUT2D eigenvalue weighted by Crippen LogP contribution is 2.33. The Morgan fingerprint density at radius 3 is 2.79 bits per heavy atom. The zero-order valence-electron chi connectivity index (χ0n) is 12.5. The maximum Gasteiger partial charge on any atom is 0.404 e. The maximum atomic E-state index is 12.6. The molecule has 1 aromatic rings. The Hall–Kier alpha value is -2.61. The molecule has 24 heavy (non-hydrogen) atoms. The number of fused-ring (bicyclic) bond motifs is 1.